The van der Waals surface area contributed by atoms with Crippen molar-refractivity contribution in [3.63, 3.8) is 0 Å². The number of nitrogens with zero attached hydrogens (tertiary/aromatic N) is 5. The molecule has 8 nitrogen and oxygen atoms in total. The summed E-state index contributed by atoms with van der Waals surface area (Å²) in [5.41, 5.74) is 1.70. The standard InChI is InChI=1S/C28H32FN5O3/c1-20(2)34(28(36)23-7-4-5-8-24(23)29)19-27(35)33-16-6-15-32(17-18-33)26-14-13-25(30-31-26)21-9-11-22(37-3)12-10-21/h4-5,7-14,20H,6,15-19H2,1-3H3. The molecular weight excluding hydrogens is 473 g/mol. The summed E-state index contributed by atoms with van der Waals surface area (Å²) in [6, 6.07) is 17.1. The zero-order valence-corrected chi connectivity index (χ0v) is 21.4. The van der Waals surface area contributed by atoms with E-state index in [-0.39, 0.29) is 24.1 Å². The molecule has 0 aliphatic carbocycles. The molecule has 1 aromatic heterocycles. The maximum absolute atomic E-state index is 14.2. The highest BCUT2D eigenvalue weighted by molar-refractivity contribution is 5.97. The molecule has 0 unspecified atom stereocenters. The van der Waals surface area contributed by atoms with Crippen molar-refractivity contribution in [1.82, 2.24) is 20.0 Å². The lowest BCUT2D eigenvalue weighted by Gasteiger charge is -2.29. The number of anilines is 1. The van der Waals surface area contributed by atoms with Crippen molar-refractivity contribution in [3.05, 3.63) is 72.0 Å². The van der Waals surface area contributed by atoms with E-state index in [2.05, 4.69) is 15.1 Å². The van der Waals surface area contributed by atoms with Gasteiger partial charge in [0, 0.05) is 37.8 Å². The average Bonchev–Trinajstić information content (AvgIpc) is 3.18. The number of carbonyl (C=O) groups excluding carboxylic acids is 2. The van der Waals surface area contributed by atoms with Crippen LogP contribution in [0.15, 0.2) is 60.7 Å². The van der Waals surface area contributed by atoms with Crippen molar-refractivity contribution in [3.8, 4) is 17.0 Å². The zero-order valence-electron chi connectivity index (χ0n) is 21.4. The van der Waals surface area contributed by atoms with E-state index in [4.69, 9.17) is 4.74 Å². The first-order chi connectivity index (χ1) is 17.9. The van der Waals surface area contributed by atoms with Crippen LogP contribution in [0.5, 0.6) is 5.75 Å². The Morgan fingerprint density at radius 2 is 1.73 bits per heavy atom. The fourth-order valence-electron chi connectivity index (χ4n) is 4.33. The van der Waals surface area contributed by atoms with Crippen molar-refractivity contribution in [2.24, 2.45) is 0 Å². The van der Waals surface area contributed by atoms with Gasteiger partial charge in [-0.1, -0.05) is 12.1 Å². The summed E-state index contributed by atoms with van der Waals surface area (Å²) in [6.07, 6.45) is 0.761. The third kappa shape index (κ3) is 6.22. The van der Waals surface area contributed by atoms with Gasteiger partial charge in [0.05, 0.1) is 18.4 Å². The smallest absolute Gasteiger partial charge is 0.257 e. The molecule has 194 valence electrons. The monoisotopic (exact) mass is 505 g/mol. The molecular formula is C28H32FN5O3. The highest BCUT2D eigenvalue weighted by Gasteiger charge is 2.27. The molecule has 2 heterocycles. The largest absolute Gasteiger partial charge is 0.497 e. The quantitative estimate of drug-likeness (QED) is 0.485. The predicted octanol–water partition coefficient (Wildman–Crippen LogP) is 3.88. The average molecular weight is 506 g/mol. The Labute approximate surface area is 216 Å². The number of benzene rings is 2. The minimum absolute atomic E-state index is 0.0253. The van der Waals surface area contributed by atoms with E-state index in [9.17, 15) is 14.0 Å². The molecule has 1 aliphatic rings. The second-order valence-corrected chi connectivity index (χ2v) is 9.23. The molecule has 1 fully saturated rings. The highest BCUT2D eigenvalue weighted by Crippen LogP contribution is 2.22. The van der Waals surface area contributed by atoms with Gasteiger partial charge in [0.1, 0.15) is 18.1 Å². The van der Waals surface area contributed by atoms with Gasteiger partial charge in [-0.25, -0.2) is 4.39 Å². The summed E-state index contributed by atoms with van der Waals surface area (Å²) in [7, 11) is 1.63. The Bertz CT molecular complexity index is 1220. The Balaban J connectivity index is 1.38. The van der Waals surface area contributed by atoms with Crippen molar-refractivity contribution >= 4 is 17.6 Å². The molecule has 0 bridgehead atoms. The zero-order chi connectivity index (χ0) is 26.4. The molecule has 0 radical (unpaired) electrons. The SMILES string of the molecule is COc1ccc(-c2ccc(N3CCCN(C(=O)CN(C(=O)c4ccccc4F)C(C)C)CC3)nn2)cc1. The maximum Gasteiger partial charge on any atom is 0.257 e. The lowest BCUT2D eigenvalue weighted by atomic mass is 10.1. The van der Waals surface area contributed by atoms with Crippen LogP contribution in [-0.4, -0.2) is 77.7 Å². The molecule has 0 saturated carbocycles. The Morgan fingerprint density at radius 1 is 0.973 bits per heavy atom. The molecule has 0 atom stereocenters. The number of methoxy groups -OCH3 is 1. The third-order valence-electron chi connectivity index (χ3n) is 6.50. The number of hydrogen-bond donors (Lipinski definition) is 0. The second-order valence-electron chi connectivity index (χ2n) is 9.23. The van der Waals surface area contributed by atoms with Crippen LogP contribution in [0.1, 0.15) is 30.6 Å². The lowest BCUT2D eigenvalue weighted by Crippen LogP contribution is -2.47. The summed E-state index contributed by atoms with van der Waals surface area (Å²) in [5, 5.41) is 8.81. The third-order valence-corrected chi connectivity index (χ3v) is 6.50. The van der Waals surface area contributed by atoms with Gasteiger partial charge in [-0.2, -0.15) is 0 Å². The van der Waals surface area contributed by atoms with E-state index in [0.29, 0.717) is 19.6 Å². The minimum atomic E-state index is -0.588. The Morgan fingerprint density at radius 3 is 2.38 bits per heavy atom. The van der Waals surface area contributed by atoms with Crippen LogP contribution in [0.25, 0.3) is 11.3 Å². The summed E-state index contributed by atoms with van der Waals surface area (Å²) in [4.78, 5) is 31.4. The fourth-order valence-corrected chi connectivity index (χ4v) is 4.33. The number of rotatable bonds is 7. The van der Waals surface area contributed by atoms with Crippen LogP contribution in [0, 0.1) is 5.82 Å². The van der Waals surface area contributed by atoms with Gasteiger partial charge in [-0.3, -0.25) is 9.59 Å². The molecule has 2 amide bonds. The first kappa shape index (κ1) is 26.1. The summed E-state index contributed by atoms with van der Waals surface area (Å²) in [6.45, 7) is 5.97. The van der Waals surface area contributed by atoms with E-state index in [1.165, 1.54) is 23.1 Å². The van der Waals surface area contributed by atoms with Crippen LogP contribution < -0.4 is 9.64 Å². The van der Waals surface area contributed by atoms with E-state index in [1.807, 2.05) is 50.2 Å². The number of carbonyl (C=O) groups is 2. The van der Waals surface area contributed by atoms with E-state index >= 15 is 0 Å². The van der Waals surface area contributed by atoms with Crippen LogP contribution in [-0.2, 0) is 4.79 Å². The van der Waals surface area contributed by atoms with Crippen LogP contribution in [0.4, 0.5) is 10.2 Å². The van der Waals surface area contributed by atoms with Crippen molar-refractivity contribution < 1.29 is 18.7 Å². The van der Waals surface area contributed by atoms with Crippen molar-refractivity contribution in [1.29, 1.82) is 0 Å². The van der Waals surface area contributed by atoms with Crippen LogP contribution in [0.3, 0.4) is 0 Å². The highest BCUT2D eigenvalue weighted by atomic mass is 19.1. The maximum atomic E-state index is 14.2. The first-order valence-corrected chi connectivity index (χ1v) is 12.4. The number of aromatic nitrogens is 2. The van der Waals surface area contributed by atoms with Crippen LogP contribution >= 0.6 is 0 Å². The number of halogens is 1. The van der Waals surface area contributed by atoms with E-state index in [0.717, 1.165) is 35.8 Å². The van der Waals surface area contributed by atoms with Gasteiger partial charge in [0.15, 0.2) is 5.82 Å². The Hall–Kier alpha value is -4.01. The molecule has 0 N–H and O–H groups in total. The topological polar surface area (TPSA) is 78.9 Å². The van der Waals surface area contributed by atoms with E-state index < -0.39 is 11.7 Å². The number of hydrogen-bond acceptors (Lipinski definition) is 6. The van der Waals surface area contributed by atoms with Crippen molar-refractivity contribution in [2.45, 2.75) is 26.3 Å². The van der Waals surface area contributed by atoms with Crippen molar-refractivity contribution in [2.75, 3.05) is 44.7 Å². The minimum Gasteiger partial charge on any atom is -0.497 e. The summed E-state index contributed by atoms with van der Waals surface area (Å²) >= 11 is 0. The lowest BCUT2D eigenvalue weighted by molar-refractivity contribution is -0.132. The fraction of sp³-hybridized carbons (Fsp3) is 0.357. The van der Waals surface area contributed by atoms with Gasteiger partial charge in [0.25, 0.3) is 5.91 Å². The molecule has 1 saturated heterocycles. The van der Waals surface area contributed by atoms with Gasteiger partial charge in [0.2, 0.25) is 5.91 Å². The summed E-state index contributed by atoms with van der Waals surface area (Å²) in [5.74, 6) is 0.316. The Kier molecular flexibility index (Phi) is 8.32. The number of amides is 2. The van der Waals surface area contributed by atoms with Gasteiger partial charge >= 0.3 is 0 Å². The summed E-state index contributed by atoms with van der Waals surface area (Å²) < 4.78 is 19.4. The molecule has 4 rings (SSSR count). The molecule has 2 aromatic carbocycles. The van der Waals surface area contributed by atoms with Gasteiger partial charge in [-0.05, 0) is 68.8 Å². The van der Waals surface area contributed by atoms with Gasteiger partial charge < -0.3 is 19.4 Å². The molecule has 1 aliphatic heterocycles. The molecule has 0 spiro atoms. The van der Waals surface area contributed by atoms with Crippen LogP contribution in [0.2, 0.25) is 0 Å². The molecule has 9 heteroatoms. The predicted molar refractivity (Wildman–Crippen MR) is 140 cm³/mol. The second kappa shape index (κ2) is 11.8. The number of ether oxygens (including phenoxy) is 1. The molecule has 37 heavy (non-hydrogen) atoms. The van der Waals surface area contributed by atoms with E-state index in [1.54, 1.807) is 18.1 Å². The van der Waals surface area contributed by atoms with Gasteiger partial charge in [-0.15, -0.1) is 10.2 Å². The normalized spacial score (nSPS) is 13.9. The first-order valence-electron chi connectivity index (χ1n) is 12.4. The molecule has 3 aromatic rings.